The number of nitrogens with one attached hydrogen (secondary N) is 1. The first-order valence-corrected chi connectivity index (χ1v) is 6.47. The first kappa shape index (κ1) is 13.9. The van der Waals surface area contributed by atoms with Crippen molar-refractivity contribution >= 4 is 17.6 Å². The van der Waals surface area contributed by atoms with Crippen LogP contribution >= 0.6 is 0 Å². The van der Waals surface area contributed by atoms with Gasteiger partial charge in [-0.3, -0.25) is 5.43 Å². The SMILES string of the molecule is C=C(N/N=C\c1ccc(N(C)C)cc1)c1ccccc1. The molecular weight excluding hydrogens is 246 g/mol. The second-order valence-electron chi connectivity index (χ2n) is 4.70. The molecule has 2 rings (SSSR count). The molecule has 0 saturated heterocycles. The van der Waals surface area contributed by atoms with E-state index in [0.717, 1.165) is 16.8 Å². The molecule has 3 nitrogen and oxygen atoms in total. The topological polar surface area (TPSA) is 27.6 Å². The minimum Gasteiger partial charge on any atom is -0.378 e. The summed E-state index contributed by atoms with van der Waals surface area (Å²) >= 11 is 0. The van der Waals surface area contributed by atoms with Gasteiger partial charge in [-0.15, -0.1) is 0 Å². The van der Waals surface area contributed by atoms with Gasteiger partial charge in [0, 0.05) is 19.8 Å². The zero-order chi connectivity index (χ0) is 14.4. The van der Waals surface area contributed by atoms with Gasteiger partial charge in [0.25, 0.3) is 0 Å². The Bertz CT molecular complexity index is 583. The van der Waals surface area contributed by atoms with Crippen molar-refractivity contribution in [2.45, 2.75) is 0 Å². The van der Waals surface area contributed by atoms with Gasteiger partial charge in [0.2, 0.25) is 0 Å². The Morgan fingerprint density at radius 2 is 1.70 bits per heavy atom. The van der Waals surface area contributed by atoms with Crippen LogP contribution in [-0.2, 0) is 0 Å². The molecule has 2 aromatic rings. The summed E-state index contributed by atoms with van der Waals surface area (Å²) in [6.45, 7) is 3.96. The van der Waals surface area contributed by atoms with Gasteiger partial charge >= 0.3 is 0 Å². The van der Waals surface area contributed by atoms with E-state index in [1.165, 1.54) is 5.69 Å². The summed E-state index contributed by atoms with van der Waals surface area (Å²) in [5, 5.41) is 4.20. The summed E-state index contributed by atoms with van der Waals surface area (Å²) in [5.41, 5.74) is 6.98. The highest BCUT2D eigenvalue weighted by Gasteiger charge is 1.96. The van der Waals surface area contributed by atoms with Crippen molar-refractivity contribution in [3.8, 4) is 0 Å². The van der Waals surface area contributed by atoms with Crippen molar-refractivity contribution in [1.82, 2.24) is 5.43 Å². The molecule has 0 amide bonds. The largest absolute Gasteiger partial charge is 0.378 e. The maximum absolute atomic E-state index is 4.20. The van der Waals surface area contributed by atoms with Crippen LogP contribution in [0.3, 0.4) is 0 Å². The molecule has 0 bridgehead atoms. The normalized spacial score (nSPS) is 10.5. The van der Waals surface area contributed by atoms with E-state index in [4.69, 9.17) is 0 Å². The zero-order valence-corrected chi connectivity index (χ0v) is 11.9. The van der Waals surface area contributed by atoms with Crippen LogP contribution in [0.4, 0.5) is 5.69 Å². The van der Waals surface area contributed by atoms with Crippen molar-refractivity contribution in [2.75, 3.05) is 19.0 Å². The molecule has 0 aliphatic carbocycles. The van der Waals surface area contributed by atoms with Crippen LogP contribution in [0.15, 0.2) is 66.3 Å². The molecule has 0 fully saturated rings. The summed E-state index contributed by atoms with van der Waals surface area (Å²) < 4.78 is 0. The molecule has 0 unspecified atom stereocenters. The Morgan fingerprint density at radius 3 is 2.30 bits per heavy atom. The van der Waals surface area contributed by atoms with Crippen LogP contribution in [0, 0.1) is 0 Å². The molecule has 1 N–H and O–H groups in total. The van der Waals surface area contributed by atoms with E-state index in [0.29, 0.717) is 0 Å². The standard InChI is InChI=1S/C17H19N3/c1-14(16-7-5-4-6-8-16)19-18-13-15-9-11-17(12-10-15)20(2)3/h4-13,19H,1H2,2-3H3/b18-13-. The first-order valence-electron chi connectivity index (χ1n) is 6.47. The van der Waals surface area contributed by atoms with E-state index in [1.54, 1.807) is 6.21 Å². The van der Waals surface area contributed by atoms with Crippen molar-refractivity contribution in [1.29, 1.82) is 0 Å². The van der Waals surface area contributed by atoms with Gasteiger partial charge in [0.1, 0.15) is 0 Å². The molecule has 0 spiro atoms. The Hall–Kier alpha value is -2.55. The van der Waals surface area contributed by atoms with E-state index >= 15 is 0 Å². The Morgan fingerprint density at radius 1 is 1.05 bits per heavy atom. The summed E-state index contributed by atoms with van der Waals surface area (Å²) in [5.74, 6) is 0. The number of hydrogen-bond acceptors (Lipinski definition) is 3. The van der Waals surface area contributed by atoms with Crippen LogP contribution in [0.25, 0.3) is 5.70 Å². The quantitative estimate of drug-likeness (QED) is 0.663. The molecule has 0 saturated carbocycles. The minimum absolute atomic E-state index is 0.784. The average molecular weight is 265 g/mol. The lowest BCUT2D eigenvalue weighted by Crippen LogP contribution is -2.08. The lowest BCUT2D eigenvalue weighted by molar-refractivity contribution is 1.00. The summed E-state index contributed by atoms with van der Waals surface area (Å²) in [6, 6.07) is 18.1. The minimum atomic E-state index is 0.784. The number of anilines is 1. The van der Waals surface area contributed by atoms with Crippen LogP contribution in [-0.4, -0.2) is 20.3 Å². The van der Waals surface area contributed by atoms with Gasteiger partial charge < -0.3 is 4.90 Å². The van der Waals surface area contributed by atoms with Gasteiger partial charge in [-0.25, -0.2) is 0 Å². The zero-order valence-electron chi connectivity index (χ0n) is 11.9. The second-order valence-corrected chi connectivity index (χ2v) is 4.70. The van der Waals surface area contributed by atoms with Gasteiger partial charge in [0.15, 0.2) is 0 Å². The molecule has 0 atom stereocenters. The van der Waals surface area contributed by atoms with E-state index in [1.807, 2.05) is 56.6 Å². The Kier molecular flexibility index (Phi) is 4.56. The van der Waals surface area contributed by atoms with Gasteiger partial charge in [-0.05, 0) is 23.3 Å². The van der Waals surface area contributed by atoms with Crippen LogP contribution < -0.4 is 10.3 Å². The first-order chi connectivity index (χ1) is 9.66. The third-order valence-electron chi connectivity index (χ3n) is 2.94. The fourth-order valence-corrected chi connectivity index (χ4v) is 1.75. The maximum Gasteiger partial charge on any atom is 0.0562 e. The molecule has 0 aromatic heterocycles. The number of benzene rings is 2. The fourth-order valence-electron chi connectivity index (χ4n) is 1.75. The van der Waals surface area contributed by atoms with Crippen LogP contribution in [0.2, 0.25) is 0 Å². The highest BCUT2D eigenvalue weighted by atomic mass is 15.3. The lowest BCUT2D eigenvalue weighted by atomic mass is 10.2. The Labute approximate surface area is 120 Å². The molecular formula is C17H19N3. The third-order valence-corrected chi connectivity index (χ3v) is 2.94. The van der Waals surface area contributed by atoms with Crippen LogP contribution in [0.1, 0.15) is 11.1 Å². The van der Waals surface area contributed by atoms with Gasteiger partial charge in [-0.1, -0.05) is 49.0 Å². The lowest BCUT2D eigenvalue weighted by Gasteiger charge is -2.11. The van der Waals surface area contributed by atoms with Crippen molar-refractivity contribution in [2.24, 2.45) is 5.10 Å². The smallest absolute Gasteiger partial charge is 0.0562 e. The van der Waals surface area contributed by atoms with E-state index in [-0.39, 0.29) is 0 Å². The predicted molar refractivity (Wildman–Crippen MR) is 87.0 cm³/mol. The Balaban J connectivity index is 1.95. The van der Waals surface area contributed by atoms with E-state index in [2.05, 4.69) is 34.1 Å². The molecule has 20 heavy (non-hydrogen) atoms. The maximum atomic E-state index is 4.20. The molecule has 102 valence electrons. The monoisotopic (exact) mass is 265 g/mol. The number of hydrogen-bond donors (Lipinski definition) is 1. The fraction of sp³-hybridized carbons (Fsp3) is 0.118. The summed E-state index contributed by atoms with van der Waals surface area (Å²) in [7, 11) is 4.04. The summed E-state index contributed by atoms with van der Waals surface area (Å²) in [4.78, 5) is 2.07. The van der Waals surface area contributed by atoms with Crippen molar-refractivity contribution in [3.63, 3.8) is 0 Å². The third kappa shape index (κ3) is 3.72. The molecule has 2 aromatic carbocycles. The number of rotatable bonds is 5. The van der Waals surface area contributed by atoms with Crippen LogP contribution in [0.5, 0.6) is 0 Å². The molecule has 0 radical (unpaired) electrons. The summed E-state index contributed by atoms with van der Waals surface area (Å²) in [6.07, 6.45) is 1.79. The van der Waals surface area contributed by atoms with E-state index in [9.17, 15) is 0 Å². The van der Waals surface area contributed by atoms with Gasteiger partial charge in [0.05, 0.1) is 11.9 Å². The molecule has 0 aliphatic heterocycles. The molecule has 3 heteroatoms. The molecule has 0 aliphatic rings. The number of hydrazone groups is 1. The van der Waals surface area contributed by atoms with Crippen molar-refractivity contribution in [3.05, 3.63) is 72.3 Å². The number of nitrogens with zero attached hydrogens (tertiary/aromatic N) is 2. The average Bonchev–Trinajstić information content (AvgIpc) is 2.48. The highest BCUT2D eigenvalue weighted by Crippen LogP contribution is 2.11. The van der Waals surface area contributed by atoms with Crippen molar-refractivity contribution < 1.29 is 0 Å². The second kappa shape index (κ2) is 6.57. The van der Waals surface area contributed by atoms with Gasteiger partial charge in [-0.2, -0.15) is 5.10 Å². The molecule has 0 heterocycles. The predicted octanol–water partition coefficient (Wildman–Crippen LogP) is 3.35. The highest BCUT2D eigenvalue weighted by molar-refractivity contribution is 5.80. The van der Waals surface area contributed by atoms with E-state index < -0.39 is 0 Å².